The van der Waals surface area contributed by atoms with E-state index >= 15 is 0 Å². The first kappa shape index (κ1) is 21.4. The van der Waals surface area contributed by atoms with Gasteiger partial charge in [-0.15, -0.1) is 0 Å². The number of benzene rings is 3. The second-order valence-corrected chi connectivity index (χ2v) is 7.70. The molecule has 0 saturated heterocycles. The van der Waals surface area contributed by atoms with Crippen LogP contribution in [-0.2, 0) is 19.3 Å². The summed E-state index contributed by atoms with van der Waals surface area (Å²) in [6.45, 7) is 2.15. The van der Waals surface area contributed by atoms with Gasteiger partial charge in [-0.05, 0) is 52.8 Å². The van der Waals surface area contributed by atoms with Crippen LogP contribution in [0.2, 0.25) is 0 Å². The Labute approximate surface area is 176 Å². The Morgan fingerprint density at radius 2 is 1.10 bits per heavy atom. The van der Waals surface area contributed by atoms with Gasteiger partial charge in [0.05, 0.1) is 0 Å². The maximum absolute atomic E-state index is 10.9. The Morgan fingerprint density at radius 3 is 1.53 bits per heavy atom. The molecule has 30 heavy (non-hydrogen) atoms. The van der Waals surface area contributed by atoms with Crippen LogP contribution in [0.3, 0.4) is 0 Å². The zero-order valence-electron chi connectivity index (χ0n) is 17.1. The Hall–Kier alpha value is -3.34. The fourth-order valence-corrected chi connectivity index (χ4v) is 3.64. The molecule has 0 aromatic heterocycles. The molecule has 0 atom stereocenters. The summed E-state index contributed by atoms with van der Waals surface area (Å²) >= 11 is 0. The van der Waals surface area contributed by atoms with E-state index in [0.29, 0.717) is 35.1 Å². The minimum absolute atomic E-state index is 0.0164. The average molecular weight is 408 g/mol. The molecule has 5 heteroatoms. The highest BCUT2D eigenvalue weighted by atomic mass is 16.3. The summed E-state index contributed by atoms with van der Waals surface area (Å²) < 4.78 is 0. The lowest BCUT2D eigenvalue weighted by molar-refractivity contribution is 0.445. The lowest BCUT2D eigenvalue weighted by atomic mass is 9.92. The van der Waals surface area contributed by atoms with Gasteiger partial charge in [-0.3, -0.25) is 0 Å². The maximum Gasteiger partial charge on any atom is 0.122 e. The summed E-state index contributed by atoms with van der Waals surface area (Å²) in [5, 5.41) is 50.3. The number of phenolic OH excluding ortho intramolecular Hbond substituents is 5. The van der Waals surface area contributed by atoms with Gasteiger partial charge >= 0.3 is 0 Å². The normalized spacial score (nSPS) is 11.0. The molecular weight excluding hydrogens is 380 g/mol. The van der Waals surface area contributed by atoms with E-state index in [0.717, 1.165) is 31.2 Å². The minimum atomic E-state index is -0.0245. The van der Waals surface area contributed by atoms with E-state index in [1.165, 1.54) is 24.3 Å². The molecule has 0 aliphatic heterocycles. The monoisotopic (exact) mass is 408 g/mol. The van der Waals surface area contributed by atoms with Gasteiger partial charge in [-0.25, -0.2) is 0 Å². The molecule has 3 aromatic carbocycles. The van der Waals surface area contributed by atoms with Crippen LogP contribution in [0.15, 0.2) is 48.5 Å². The molecule has 0 aliphatic carbocycles. The van der Waals surface area contributed by atoms with E-state index in [-0.39, 0.29) is 28.7 Å². The van der Waals surface area contributed by atoms with E-state index in [2.05, 4.69) is 6.92 Å². The largest absolute Gasteiger partial charge is 0.508 e. The molecule has 3 aromatic rings. The van der Waals surface area contributed by atoms with Crippen molar-refractivity contribution >= 4 is 0 Å². The van der Waals surface area contributed by atoms with Crippen molar-refractivity contribution in [2.75, 3.05) is 0 Å². The van der Waals surface area contributed by atoms with Crippen LogP contribution in [0.1, 0.15) is 54.0 Å². The van der Waals surface area contributed by atoms with Crippen LogP contribution >= 0.6 is 0 Å². The molecule has 158 valence electrons. The van der Waals surface area contributed by atoms with Gasteiger partial charge in [-0.1, -0.05) is 44.0 Å². The highest BCUT2D eigenvalue weighted by molar-refractivity contribution is 5.51. The second-order valence-electron chi connectivity index (χ2n) is 7.70. The van der Waals surface area contributed by atoms with Crippen molar-refractivity contribution in [1.29, 1.82) is 0 Å². The number of hydrogen-bond acceptors (Lipinski definition) is 5. The third-order valence-corrected chi connectivity index (χ3v) is 5.30. The van der Waals surface area contributed by atoms with E-state index in [1.807, 2.05) is 12.1 Å². The number of phenols is 5. The number of hydrogen-bond donors (Lipinski definition) is 5. The lowest BCUT2D eigenvalue weighted by Crippen LogP contribution is -1.99. The third kappa shape index (κ3) is 5.17. The number of aromatic hydroxyl groups is 5. The molecule has 5 N–H and O–H groups in total. The summed E-state index contributed by atoms with van der Waals surface area (Å²) in [4.78, 5) is 0. The molecule has 0 bridgehead atoms. The van der Waals surface area contributed by atoms with Crippen LogP contribution in [0, 0.1) is 0 Å². The van der Waals surface area contributed by atoms with Gasteiger partial charge in [0, 0.05) is 25.0 Å². The van der Waals surface area contributed by atoms with E-state index in [4.69, 9.17) is 0 Å². The topological polar surface area (TPSA) is 101 Å². The molecule has 0 amide bonds. The quantitative estimate of drug-likeness (QED) is 0.333. The number of rotatable bonds is 8. The standard InChI is InChI=1S/C25H28O5/c1-2-3-4-5-16-10-19(12-17-6-8-21(26)14-23(17)28)25(30)20(11-16)13-18-7-9-22(27)15-24(18)29/h6-11,14-15,26-30H,2-5,12-13H2,1H3. The van der Waals surface area contributed by atoms with Crippen LogP contribution < -0.4 is 0 Å². The summed E-state index contributed by atoms with van der Waals surface area (Å²) in [5.74, 6) is 0.0378. The Bertz CT molecular complexity index is 952. The summed E-state index contributed by atoms with van der Waals surface area (Å²) in [6, 6.07) is 12.8. The molecule has 3 rings (SSSR count). The molecule has 0 aliphatic rings. The van der Waals surface area contributed by atoms with Crippen LogP contribution in [0.5, 0.6) is 28.7 Å². The molecular formula is C25H28O5. The first-order valence-corrected chi connectivity index (χ1v) is 10.2. The first-order valence-electron chi connectivity index (χ1n) is 10.2. The van der Waals surface area contributed by atoms with Gasteiger partial charge in [0.2, 0.25) is 0 Å². The van der Waals surface area contributed by atoms with Crippen molar-refractivity contribution in [2.24, 2.45) is 0 Å². The molecule has 5 nitrogen and oxygen atoms in total. The third-order valence-electron chi connectivity index (χ3n) is 5.30. The van der Waals surface area contributed by atoms with Gasteiger partial charge < -0.3 is 25.5 Å². The van der Waals surface area contributed by atoms with Crippen molar-refractivity contribution in [1.82, 2.24) is 0 Å². The van der Waals surface area contributed by atoms with E-state index in [9.17, 15) is 25.5 Å². The highest BCUT2D eigenvalue weighted by Crippen LogP contribution is 2.34. The minimum Gasteiger partial charge on any atom is -0.508 e. The van der Waals surface area contributed by atoms with Crippen molar-refractivity contribution in [3.63, 3.8) is 0 Å². The smallest absolute Gasteiger partial charge is 0.122 e. The molecule has 0 saturated carbocycles. The van der Waals surface area contributed by atoms with Crippen molar-refractivity contribution < 1.29 is 25.5 Å². The summed E-state index contributed by atoms with van der Waals surface area (Å²) in [7, 11) is 0. The maximum atomic E-state index is 10.9. The number of unbranched alkanes of at least 4 members (excludes halogenated alkanes) is 2. The predicted molar refractivity (Wildman–Crippen MR) is 116 cm³/mol. The fraction of sp³-hybridized carbons (Fsp3) is 0.280. The molecule has 0 fully saturated rings. The number of aryl methyl sites for hydroxylation is 1. The van der Waals surface area contributed by atoms with Gasteiger partial charge in [0.1, 0.15) is 28.7 Å². The van der Waals surface area contributed by atoms with Crippen LogP contribution in [-0.4, -0.2) is 25.5 Å². The highest BCUT2D eigenvalue weighted by Gasteiger charge is 2.15. The van der Waals surface area contributed by atoms with E-state index < -0.39 is 0 Å². The predicted octanol–water partition coefficient (Wildman–Crippen LogP) is 5.13. The SMILES string of the molecule is CCCCCc1cc(Cc2ccc(O)cc2O)c(O)c(Cc2ccc(O)cc2O)c1. The molecule has 0 unspecified atom stereocenters. The summed E-state index contributed by atoms with van der Waals surface area (Å²) in [5.41, 5.74) is 3.65. The van der Waals surface area contributed by atoms with Crippen LogP contribution in [0.25, 0.3) is 0 Å². The zero-order chi connectivity index (χ0) is 21.7. The molecule has 0 spiro atoms. The lowest BCUT2D eigenvalue weighted by Gasteiger charge is -2.15. The van der Waals surface area contributed by atoms with Crippen molar-refractivity contribution in [2.45, 2.75) is 45.4 Å². The Kier molecular flexibility index (Phi) is 6.72. The first-order chi connectivity index (χ1) is 14.4. The van der Waals surface area contributed by atoms with Crippen molar-refractivity contribution in [3.05, 3.63) is 76.3 Å². The molecule has 0 heterocycles. The van der Waals surface area contributed by atoms with Crippen LogP contribution in [0.4, 0.5) is 0 Å². The van der Waals surface area contributed by atoms with Gasteiger partial charge in [-0.2, -0.15) is 0 Å². The van der Waals surface area contributed by atoms with Gasteiger partial charge in [0.25, 0.3) is 0 Å². The Balaban J connectivity index is 1.97. The van der Waals surface area contributed by atoms with Crippen molar-refractivity contribution in [3.8, 4) is 28.7 Å². The Morgan fingerprint density at radius 1 is 0.600 bits per heavy atom. The molecule has 0 radical (unpaired) electrons. The van der Waals surface area contributed by atoms with E-state index in [1.54, 1.807) is 12.1 Å². The zero-order valence-corrected chi connectivity index (χ0v) is 17.1. The summed E-state index contributed by atoms with van der Waals surface area (Å²) in [6.07, 6.45) is 4.76. The second kappa shape index (κ2) is 9.44. The fourth-order valence-electron chi connectivity index (χ4n) is 3.64. The average Bonchev–Trinajstić information content (AvgIpc) is 2.69. The van der Waals surface area contributed by atoms with Gasteiger partial charge in [0.15, 0.2) is 0 Å².